The lowest BCUT2D eigenvalue weighted by Crippen LogP contribution is -2.39. The minimum atomic E-state index is -3.56. The molecule has 1 aliphatic rings. The van der Waals surface area contributed by atoms with Gasteiger partial charge in [-0.1, -0.05) is 24.3 Å². The van der Waals surface area contributed by atoms with Crippen LogP contribution in [0.1, 0.15) is 35.7 Å². The maximum Gasteiger partial charge on any atom is 0.279 e. The summed E-state index contributed by atoms with van der Waals surface area (Å²) in [4.78, 5) is 18.1. The molecule has 1 amide bonds. The Balaban J connectivity index is 1.63. The van der Waals surface area contributed by atoms with Crippen molar-refractivity contribution >= 4 is 37.5 Å². The summed E-state index contributed by atoms with van der Waals surface area (Å²) >= 11 is 1.46. The molecule has 0 aliphatic carbocycles. The molecule has 3 aromatic rings. The molecule has 0 saturated carbocycles. The molecule has 33 heavy (non-hydrogen) atoms. The highest BCUT2D eigenvalue weighted by molar-refractivity contribution is 7.89. The number of benzene rings is 2. The Hall–Kier alpha value is -2.33. The van der Waals surface area contributed by atoms with Gasteiger partial charge in [0.2, 0.25) is 10.0 Å². The lowest BCUT2D eigenvalue weighted by Gasteiger charge is -2.30. The van der Waals surface area contributed by atoms with Crippen molar-refractivity contribution in [1.29, 1.82) is 0 Å². The van der Waals surface area contributed by atoms with Crippen molar-refractivity contribution in [3.63, 3.8) is 0 Å². The first kappa shape index (κ1) is 23.8. The van der Waals surface area contributed by atoms with E-state index < -0.39 is 15.9 Å². The zero-order valence-electron chi connectivity index (χ0n) is 19.2. The smallest absolute Gasteiger partial charge is 0.279 e. The van der Waals surface area contributed by atoms with E-state index in [1.54, 1.807) is 23.5 Å². The van der Waals surface area contributed by atoms with Crippen molar-refractivity contribution in [2.45, 2.75) is 38.1 Å². The molecule has 176 valence electrons. The Kier molecular flexibility index (Phi) is 7.13. The third-order valence-corrected chi connectivity index (χ3v) is 8.83. The second kappa shape index (κ2) is 9.89. The molecule has 0 spiro atoms. The third-order valence-electron chi connectivity index (χ3n) is 5.91. The van der Waals surface area contributed by atoms with Crippen LogP contribution in [0.2, 0.25) is 0 Å². The summed E-state index contributed by atoms with van der Waals surface area (Å²) in [5, 5.41) is 0. The Morgan fingerprint density at radius 1 is 1.21 bits per heavy atom. The van der Waals surface area contributed by atoms with E-state index in [0.29, 0.717) is 42.5 Å². The van der Waals surface area contributed by atoms with E-state index in [4.69, 9.17) is 4.74 Å². The average Bonchev–Trinajstić information content (AvgIpc) is 3.13. The zero-order valence-corrected chi connectivity index (χ0v) is 20.8. The number of nitrogens with zero attached hydrogens (tertiary/aromatic N) is 3. The summed E-state index contributed by atoms with van der Waals surface area (Å²) in [7, 11) is -1.92. The predicted molar refractivity (Wildman–Crippen MR) is 130 cm³/mol. The van der Waals surface area contributed by atoms with Gasteiger partial charge in [-0.25, -0.2) is 8.42 Å². The second-order valence-corrected chi connectivity index (χ2v) is 11.5. The van der Waals surface area contributed by atoms with Gasteiger partial charge in [-0.05, 0) is 67.6 Å². The number of carbonyl (C=O) groups excluding carboxylic acids is 1. The van der Waals surface area contributed by atoms with Crippen molar-refractivity contribution in [2.24, 2.45) is 10.9 Å². The number of sulfonamides is 1. The summed E-state index contributed by atoms with van der Waals surface area (Å²) in [5.41, 5.74) is 2.50. The Bertz CT molecular complexity index is 1320. The molecule has 1 unspecified atom stereocenters. The largest absolute Gasteiger partial charge is 0.383 e. The van der Waals surface area contributed by atoms with Crippen molar-refractivity contribution in [3.8, 4) is 0 Å². The van der Waals surface area contributed by atoms with Crippen LogP contribution in [0.5, 0.6) is 0 Å². The first-order valence-corrected chi connectivity index (χ1v) is 13.3. The minimum absolute atomic E-state index is 0.209. The van der Waals surface area contributed by atoms with Crippen molar-refractivity contribution in [3.05, 3.63) is 58.4 Å². The van der Waals surface area contributed by atoms with Crippen molar-refractivity contribution < 1.29 is 17.9 Å². The van der Waals surface area contributed by atoms with Crippen molar-refractivity contribution in [2.75, 3.05) is 26.8 Å². The number of rotatable bonds is 6. The molecule has 1 aromatic heterocycles. The van der Waals surface area contributed by atoms with Crippen molar-refractivity contribution in [1.82, 2.24) is 8.87 Å². The highest BCUT2D eigenvalue weighted by Crippen LogP contribution is 2.24. The van der Waals surface area contributed by atoms with E-state index in [0.717, 1.165) is 28.6 Å². The number of aryl methyl sites for hydroxylation is 1. The van der Waals surface area contributed by atoms with Crippen LogP contribution >= 0.6 is 11.3 Å². The van der Waals surface area contributed by atoms with Gasteiger partial charge >= 0.3 is 0 Å². The summed E-state index contributed by atoms with van der Waals surface area (Å²) < 4.78 is 35.8. The molecule has 2 heterocycles. The second-order valence-electron chi connectivity index (χ2n) is 8.55. The monoisotopic (exact) mass is 487 g/mol. The fourth-order valence-corrected chi connectivity index (χ4v) is 6.85. The molecule has 9 heteroatoms. The Labute approximate surface area is 198 Å². The van der Waals surface area contributed by atoms with Gasteiger partial charge in [-0.15, -0.1) is 0 Å². The lowest BCUT2D eigenvalue weighted by atomic mass is 10.0. The number of fused-ring (bicyclic) bond motifs is 1. The first-order chi connectivity index (χ1) is 15.8. The number of aromatic nitrogens is 1. The molecular formula is C24H29N3O4S2. The number of hydrogen-bond donors (Lipinski definition) is 0. The van der Waals surface area contributed by atoms with Crippen LogP contribution in [0.15, 0.2) is 52.4 Å². The van der Waals surface area contributed by atoms with Gasteiger partial charge in [0.1, 0.15) is 0 Å². The number of ether oxygens (including phenoxy) is 1. The van der Waals surface area contributed by atoms with Crippen LogP contribution in [0.3, 0.4) is 0 Å². The number of hydrogen-bond acceptors (Lipinski definition) is 5. The number of amides is 1. The average molecular weight is 488 g/mol. The maximum atomic E-state index is 13.0. The molecule has 1 saturated heterocycles. The van der Waals surface area contributed by atoms with Gasteiger partial charge in [-0.2, -0.15) is 9.30 Å². The molecular weight excluding hydrogens is 458 g/mol. The van der Waals surface area contributed by atoms with Gasteiger partial charge in [0, 0.05) is 32.3 Å². The summed E-state index contributed by atoms with van der Waals surface area (Å²) in [6.07, 6.45) is 1.91. The predicted octanol–water partition coefficient (Wildman–Crippen LogP) is 3.82. The first-order valence-electron chi connectivity index (χ1n) is 11.1. The van der Waals surface area contributed by atoms with Crippen LogP contribution in [-0.2, 0) is 21.3 Å². The highest BCUT2D eigenvalue weighted by Gasteiger charge is 2.28. The fourth-order valence-electron chi connectivity index (χ4n) is 4.10. The standard InChI is InChI=1S/C24H29N3O4S2/c1-17-6-11-21-22(15-17)32-24(27(21)13-14-31-3)25-23(28)19-7-9-20(10-8-19)33(29,30)26-12-4-5-18(2)16-26/h6-11,15,18H,4-5,12-14,16H2,1-3H3. The summed E-state index contributed by atoms with van der Waals surface area (Å²) in [5.74, 6) is -0.0527. The van der Waals surface area contributed by atoms with Gasteiger partial charge < -0.3 is 9.30 Å². The third kappa shape index (κ3) is 5.11. The topological polar surface area (TPSA) is 81.0 Å². The minimum Gasteiger partial charge on any atom is -0.383 e. The lowest BCUT2D eigenvalue weighted by molar-refractivity contribution is 0.0997. The van der Waals surface area contributed by atoms with E-state index in [2.05, 4.69) is 18.0 Å². The number of carbonyl (C=O) groups is 1. The van der Waals surface area contributed by atoms with Crippen LogP contribution in [0.4, 0.5) is 0 Å². The highest BCUT2D eigenvalue weighted by atomic mass is 32.2. The molecule has 7 nitrogen and oxygen atoms in total. The maximum absolute atomic E-state index is 13.0. The molecule has 2 aromatic carbocycles. The van der Waals surface area contributed by atoms with E-state index in [-0.39, 0.29) is 4.90 Å². The normalized spacial score (nSPS) is 18.2. The number of piperidine rings is 1. The van der Waals surface area contributed by atoms with Crippen LogP contribution in [-0.4, -0.2) is 50.0 Å². The van der Waals surface area contributed by atoms with Gasteiger partial charge in [-0.3, -0.25) is 4.79 Å². The van der Waals surface area contributed by atoms with Gasteiger partial charge in [0.05, 0.1) is 21.7 Å². The molecule has 0 bridgehead atoms. The van der Waals surface area contributed by atoms with E-state index in [1.165, 1.54) is 23.5 Å². The van der Waals surface area contributed by atoms with Gasteiger partial charge in [0.15, 0.2) is 4.80 Å². The van der Waals surface area contributed by atoms with E-state index in [1.807, 2.05) is 23.6 Å². The van der Waals surface area contributed by atoms with Crippen LogP contribution in [0, 0.1) is 12.8 Å². The number of methoxy groups -OCH3 is 1. The number of thiazole rings is 1. The molecule has 1 fully saturated rings. The van der Waals surface area contributed by atoms with Gasteiger partial charge in [0.25, 0.3) is 5.91 Å². The Morgan fingerprint density at radius 3 is 2.67 bits per heavy atom. The van der Waals surface area contributed by atoms with E-state index >= 15 is 0 Å². The SMILES string of the molecule is COCCn1c(=NC(=O)c2ccc(S(=O)(=O)N3CCCC(C)C3)cc2)sc2cc(C)ccc21. The fraction of sp³-hybridized carbons (Fsp3) is 0.417. The molecule has 0 radical (unpaired) electrons. The van der Waals surface area contributed by atoms with E-state index in [9.17, 15) is 13.2 Å². The van der Waals surface area contributed by atoms with Crippen LogP contribution in [0.25, 0.3) is 10.2 Å². The summed E-state index contributed by atoms with van der Waals surface area (Å²) in [6, 6.07) is 12.2. The Morgan fingerprint density at radius 2 is 1.97 bits per heavy atom. The molecule has 0 N–H and O–H groups in total. The molecule has 1 atom stereocenters. The summed E-state index contributed by atoms with van der Waals surface area (Å²) in [6.45, 7) is 6.25. The quantitative estimate of drug-likeness (QED) is 0.529. The molecule has 1 aliphatic heterocycles. The van der Waals surface area contributed by atoms with Crippen LogP contribution < -0.4 is 4.80 Å². The molecule has 4 rings (SSSR count). The zero-order chi connectivity index (χ0) is 23.6.